The van der Waals surface area contributed by atoms with Gasteiger partial charge in [0.1, 0.15) is 16.4 Å². The van der Waals surface area contributed by atoms with Gasteiger partial charge in [0.05, 0.1) is 10.5 Å². The predicted molar refractivity (Wildman–Crippen MR) is 126 cm³/mol. The van der Waals surface area contributed by atoms with Crippen LogP contribution < -0.4 is 9.62 Å². The average molecular weight is 532 g/mol. The number of nitrogens with zero attached hydrogens (tertiary/aromatic N) is 2. The molecule has 188 valence electrons. The van der Waals surface area contributed by atoms with Crippen LogP contribution in [0.25, 0.3) is 0 Å². The number of aromatic nitrogens is 1. The van der Waals surface area contributed by atoms with E-state index in [1.807, 2.05) is 0 Å². The second-order valence-electron chi connectivity index (χ2n) is 7.65. The highest BCUT2D eigenvalue weighted by Crippen LogP contribution is 2.30. The lowest BCUT2D eigenvalue weighted by Gasteiger charge is -2.14. The Balaban J connectivity index is 1.23. The summed E-state index contributed by atoms with van der Waals surface area (Å²) in [5, 5.41) is 0. The zero-order chi connectivity index (χ0) is 25.8. The normalized spacial score (nSPS) is 14.3. The Hall–Kier alpha value is -3.81. The van der Waals surface area contributed by atoms with Crippen molar-refractivity contribution in [2.24, 2.45) is 0 Å². The number of nitrogens with one attached hydrogen (secondary N) is 1. The van der Waals surface area contributed by atoms with Crippen molar-refractivity contribution in [2.75, 3.05) is 6.54 Å². The number of carbonyl (C=O) groups is 2. The zero-order valence-electron chi connectivity index (χ0n) is 18.7. The molecule has 0 spiro atoms. The standard InChI is InChI=1S/C23H21N3O8S2/c27-22(7-3-4-16-26-23(28)20-5-1-2-6-21(20)36(26,31)32)34-25-35(29,30)19-10-8-17(9-11-19)33-18-12-14-24-15-13-18/h1-2,5-6,8-15,25H,3-4,7,16H2. The van der Waals surface area contributed by atoms with Crippen LogP contribution in [0.5, 0.6) is 11.5 Å². The largest absolute Gasteiger partial charge is 0.457 e. The maximum Gasteiger partial charge on any atom is 0.326 e. The van der Waals surface area contributed by atoms with E-state index in [0.29, 0.717) is 11.5 Å². The molecule has 0 radical (unpaired) electrons. The van der Waals surface area contributed by atoms with Crippen LogP contribution in [0.2, 0.25) is 0 Å². The van der Waals surface area contributed by atoms with E-state index < -0.39 is 31.9 Å². The van der Waals surface area contributed by atoms with Crippen LogP contribution in [0, 0.1) is 0 Å². The Morgan fingerprint density at radius 3 is 2.31 bits per heavy atom. The van der Waals surface area contributed by atoms with Gasteiger partial charge in [-0.3, -0.25) is 14.6 Å². The molecule has 2 aromatic carbocycles. The lowest BCUT2D eigenvalue weighted by Crippen LogP contribution is -2.31. The number of unbranched alkanes of at least 4 members (excludes halogenated alkanes) is 1. The first-order valence-electron chi connectivity index (χ1n) is 10.7. The van der Waals surface area contributed by atoms with Gasteiger partial charge in [0.15, 0.2) is 0 Å². The van der Waals surface area contributed by atoms with E-state index in [0.717, 1.165) is 4.31 Å². The van der Waals surface area contributed by atoms with E-state index in [9.17, 15) is 26.4 Å². The summed E-state index contributed by atoms with van der Waals surface area (Å²) >= 11 is 0. The molecular formula is C23H21N3O8S2. The molecule has 2 heterocycles. The molecule has 1 N–H and O–H groups in total. The molecule has 11 nitrogen and oxygen atoms in total. The van der Waals surface area contributed by atoms with Crippen LogP contribution in [-0.4, -0.2) is 44.5 Å². The third-order valence-electron chi connectivity index (χ3n) is 5.19. The highest BCUT2D eigenvalue weighted by Gasteiger charge is 2.40. The summed E-state index contributed by atoms with van der Waals surface area (Å²) in [6.07, 6.45) is 3.30. The number of hydrogen-bond acceptors (Lipinski definition) is 9. The molecule has 0 unspecified atom stereocenters. The molecule has 0 atom stereocenters. The van der Waals surface area contributed by atoms with Crippen molar-refractivity contribution in [3.8, 4) is 11.5 Å². The molecule has 0 bridgehead atoms. The number of hydrogen-bond donors (Lipinski definition) is 1. The number of fused-ring (bicyclic) bond motifs is 1. The third-order valence-corrected chi connectivity index (χ3v) is 8.22. The van der Waals surface area contributed by atoms with Crippen molar-refractivity contribution in [2.45, 2.75) is 29.1 Å². The maximum absolute atomic E-state index is 12.5. The lowest BCUT2D eigenvalue weighted by atomic mass is 10.2. The number of amides is 1. The number of benzene rings is 2. The summed E-state index contributed by atoms with van der Waals surface area (Å²) in [5.41, 5.74) is 0.114. The van der Waals surface area contributed by atoms with Gasteiger partial charge in [-0.1, -0.05) is 12.1 Å². The molecule has 13 heteroatoms. The molecule has 4 rings (SSSR count). The minimum Gasteiger partial charge on any atom is -0.457 e. The highest BCUT2D eigenvalue weighted by atomic mass is 32.2. The van der Waals surface area contributed by atoms with Gasteiger partial charge >= 0.3 is 5.97 Å². The van der Waals surface area contributed by atoms with E-state index in [4.69, 9.17) is 4.74 Å². The van der Waals surface area contributed by atoms with Crippen molar-refractivity contribution >= 4 is 31.9 Å². The minimum absolute atomic E-state index is 0.0409. The Bertz CT molecular complexity index is 1480. The number of pyridine rings is 1. The summed E-state index contributed by atoms with van der Waals surface area (Å²) in [6, 6.07) is 14.7. The summed E-state index contributed by atoms with van der Waals surface area (Å²) < 4.78 is 56.1. The first-order valence-corrected chi connectivity index (χ1v) is 13.7. The molecule has 0 fully saturated rings. The van der Waals surface area contributed by atoms with Crippen LogP contribution in [0.1, 0.15) is 29.6 Å². The van der Waals surface area contributed by atoms with Crippen molar-refractivity contribution in [1.29, 1.82) is 0 Å². The van der Waals surface area contributed by atoms with Crippen molar-refractivity contribution in [3.05, 3.63) is 78.6 Å². The van der Waals surface area contributed by atoms with Gasteiger partial charge < -0.3 is 9.57 Å². The molecule has 0 aliphatic carbocycles. The van der Waals surface area contributed by atoms with Crippen molar-refractivity contribution in [1.82, 2.24) is 14.2 Å². The molecule has 1 amide bonds. The molecule has 0 saturated heterocycles. The summed E-state index contributed by atoms with van der Waals surface area (Å²) in [4.78, 5) is 34.5. The fourth-order valence-electron chi connectivity index (χ4n) is 3.41. The summed E-state index contributed by atoms with van der Waals surface area (Å²) in [5.74, 6) is -0.532. The minimum atomic E-state index is -4.13. The predicted octanol–water partition coefficient (Wildman–Crippen LogP) is 2.63. The third kappa shape index (κ3) is 5.53. The van der Waals surface area contributed by atoms with Crippen molar-refractivity contribution in [3.63, 3.8) is 0 Å². The monoisotopic (exact) mass is 531 g/mol. The second-order valence-corrected chi connectivity index (χ2v) is 11.1. The fraction of sp³-hybridized carbons (Fsp3) is 0.174. The second kappa shape index (κ2) is 10.4. The van der Waals surface area contributed by atoms with Gasteiger partial charge in [-0.2, -0.15) is 0 Å². The topological polar surface area (TPSA) is 149 Å². The van der Waals surface area contributed by atoms with Crippen LogP contribution in [0.4, 0.5) is 0 Å². The van der Waals surface area contributed by atoms with Gasteiger partial charge in [-0.05, 0) is 66.3 Å². The quantitative estimate of drug-likeness (QED) is 0.308. The first-order chi connectivity index (χ1) is 17.2. The van der Waals surface area contributed by atoms with E-state index >= 15 is 0 Å². The van der Waals surface area contributed by atoms with Crippen molar-refractivity contribution < 1.29 is 36.0 Å². The van der Waals surface area contributed by atoms with Crippen LogP contribution >= 0.6 is 0 Å². The Morgan fingerprint density at radius 2 is 1.61 bits per heavy atom. The number of rotatable bonds is 10. The SMILES string of the molecule is O=C(CCCCN1C(=O)c2ccccc2S1(=O)=O)ONS(=O)(=O)c1ccc(Oc2ccncc2)cc1. The molecule has 1 aliphatic rings. The molecular weight excluding hydrogens is 510 g/mol. The zero-order valence-corrected chi connectivity index (χ0v) is 20.4. The summed E-state index contributed by atoms with van der Waals surface area (Å²) in [6.45, 7) is -0.108. The van der Waals surface area contributed by atoms with Gasteiger partial charge in [-0.25, -0.2) is 21.1 Å². The summed E-state index contributed by atoms with van der Waals surface area (Å²) in [7, 11) is -8.05. The smallest absolute Gasteiger partial charge is 0.326 e. The molecule has 1 aromatic heterocycles. The fourth-order valence-corrected chi connectivity index (χ4v) is 5.81. The van der Waals surface area contributed by atoms with Gasteiger partial charge in [0.25, 0.3) is 26.0 Å². The number of carbonyl (C=O) groups excluding carboxylic acids is 2. The van der Waals surface area contributed by atoms with Gasteiger partial charge in [0.2, 0.25) is 0 Å². The van der Waals surface area contributed by atoms with E-state index in [1.165, 1.54) is 42.5 Å². The average Bonchev–Trinajstić information content (AvgIpc) is 3.07. The highest BCUT2D eigenvalue weighted by molar-refractivity contribution is 7.90. The molecule has 3 aromatic rings. The van der Waals surface area contributed by atoms with E-state index in [-0.39, 0.29) is 41.2 Å². The van der Waals surface area contributed by atoms with E-state index in [2.05, 4.69) is 9.82 Å². The molecule has 1 aliphatic heterocycles. The van der Waals surface area contributed by atoms with Gasteiger partial charge in [-0.15, -0.1) is 0 Å². The van der Waals surface area contributed by atoms with Gasteiger partial charge in [0, 0.05) is 25.4 Å². The Morgan fingerprint density at radius 1 is 0.944 bits per heavy atom. The Labute approximate surface area is 207 Å². The molecule has 36 heavy (non-hydrogen) atoms. The number of ether oxygens (including phenoxy) is 1. The van der Waals surface area contributed by atoms with Crippen LogP contribution in [0.3, 0.4) is 0 Å². The van der Waals surface area contributed by atoms with Crippen LogP contribution in [-0.2, 0) is 29.7 Å². The lowest BCUT2D eigenvalue weighted by molar-refractivity contribution is -0.147. The Kier molecular flexibility index (Phi) is 7.33. The maximum atomic E-state index is 12.5. The van der Waals surface area contributed by atoms with E-state index in [1.54, 1.807) is 35.5 Å². The number of sulfonamides is 2. The first kappa shape index (κ1) is 25.3. The van der Waals surface area contributed by atoms with Crippen LogP contribution in [0.15, 0.2) is 82.8 Å². The molecule has 0 saturated carbocycles.